The van der Waals surface area contributed by atoms with Crippen molar-refractivity contribution in [1.82, 2.24) is 5.48 Å². The van der Waals surface area contributed by atoms with E-state index in [9.17, 15) is 10.0 Å². The second-order valence-corrected chi connectivity index (χ2v) is 8.35. The lowest BCUT2D eigenvalue weighted by Gasteiger charge is -2.56. The molecule has 22 heavy (non-hydrogen) atoms. The van der Waals surface area contributed by atoms with Gasteiger partial charge in [-0.15, -0.1) is 0 Å². The Morgan fingerprint density at radius 3 is 2.82 bits per heavy atom. The SMILES string of the molecule is C[C@@]12CCCC=C1CC[C@H]1[C@H]2CC[C@]2(C)C(=O)C(NO)=C[C@@H]12. The van der Waals surface area contributed by atoms with Crippen LogP contribution in [-0.4, -0.2) is 11.0 Å². The van der Waals surface area contributed by atoms with Gasteiger partial charge in [0.1, 0.15) is 5.70 Å². The highest BCUT2D eigenvalue weighted by atomic mass is 16.5. The van der Waals surface area contributed by atoms with Gasteiger partial charge in [0.15, 0.2) is 5.78 Å². The summed E-state index contributed by atoms with van der Waals surface area (Å²) in [5, 5.41) is 9.28. The number of hydrogen-bond donors (Lipinski definition) is 2. The Kier molecular flexibility index (Phi) is 3.10. The van der Waals surface area contributed by atoms with Gasteiger partial charge in [-0.05, 0) is 68.1 Å². The Hall–Kier alpha value is -1.09. The largest absolute Gasteiger partial charge is 0.292 e. The maximum atomic E-state index is 12.6. The van der Waals surface area contributed by atoms with Crippen LogP contribution in [0.15, 0.2) is 23.4 Å². The molecule has 0 spiro atoms. The summed E-state index contributed by atoms with van der Waals surface area (Å²) in [5.41, 5.74) is 4.35. The van der Waals surface area contributed by atoms with Crippen LogP contribution in [0.4, 0.5) is 0 Å². The van der Waals surface area contributed by atoms with Crippen molar-refractivity contribution in [2.45, 2.75) is 58.8 Å². The normalized spacial score (nSPS) is 47.0. The van der Waals surface area contributed by atoms with Gasteiger partial charge in [0.05, 0.1) is 0 Å². The number of allylic oxidation sites excluding steroid dienone is 4. The molecule has 4 aliphatic carbocycles. The van der Waals surface area contributed by atoms with Crippen molar-refractivity contribution in [1.29, 1.82) is 0 Å². The molecule has 4 aliphatic rings. The van der Waals surface area contributed by atoms with Crippen LogP contribution in [0.2, 0.25) is 0 Å². The summed E-state index contributed by atoms with van der Waals surface area (Å²) < 4.78 is 0. The minimum absolute atomic E-state index is 0.119. The molecule has 0 amide bonds. The first kappa shape index (κ1) is 14.5. The van der Waals surface area contributed by atoms with Crippen LogP contribution >= 0.6 is 0 Å². The van der Waals surface area contributed by atoms with E-state index >= 15 is 0 Å². The van der Waals surface area contributed by atoms with E-state index in [-0.39, 0.29) is 11.2 Å². The van der Waals surface area contributed by atoms with Crippen molar-refractivity contribution < 1.29 is 10.0 Å². The van der Waals surface area contributed by atoms with Gasteiger partial charge in [0.2, 0.25) is 0 Å². The maximum absolute atomic E-state index is 12.6. The van der Waals surface area contributed by atoms with Crippen LogP contribution in [0.1, 0.15) is 58.8 Å². The lowest BCUT2D eigenvalue weighted by molar-refractivity contribution is -0.131. The second-order valence-electron chi connectivity index (χ2n) is 8.35. The molecular weight excluding hydrogens is 274 g/mol. The fourth-order valence-electron chi connectivity index (χ4n) is 6.23. The van der Waals surface area contributed by atoms with Crippen LogP contribution in [0.25, 0.3) is 0 Å². The van der Waals surface area contributed by atoms with Crippen molar-refractivity contribution in [2.24, 2.45) is 28.6 Å². The third-order valence-corrected chi connectivity index (χ3v) is 7.51. The minimum Gasteiger partial charge on any atom is -0.292 e. The fourth-order valence-corrected chi connectivity index (χ4v) is 6.23. The number of hydroxylamine groups is 1. The van der Waals surface area contributed by atoms with E-state index < -0.39 is 0 Å². The van der Waals surface area contributed by atoms with E-state index in [0.717, 1.165) is 12.8 Å². The van der Waals surface area contributed by atoms with E-state index in [0.29, 0.717) is 28.9 Å². The molecule has 120 valence electrons. The molecule has 0 aromatic heterocycles. The number of nitrogens with one attached hydrogen (secondary N) is 1. The molecule has 0 unspecified atom stereocenters. The van der Waals surface area contributed by atoms with Crippen molar-refractivity contribution in [3.05, 3.63) is 23.4 Å². The highest BCUT2D eigenvalue weighted by Crippen LogP contribution is 2.63. The summed E-state index contributed by atoms with van der Waals surface area (Å²) in [7, 11) is 0. The monoisotopic (exact) mass is 301 g/mol. The third kappa shape index (κ3) is 1.69. The zero-order valence-corrected chi connectivity index (χ0v) is 13.7. The van der Waals surface area contributed by atoms with Crippen LogP contribution in [0.3, 0.4) is 0 Å². The molecule has 0 aromatic rings. The molecule has 0 radical (unpaired) electrons. The molecule has 0 heterocycles. The smallest absolute Gasteiger partial charge is 0.187 e. The van der Waals surface area contributed by atoms with Crippen molar-refractivity contribution in [3.63, 3.8) is 0 Å². The topological polar surface area (TPSA) is 49.3 Å². The Morgan fingerprint density at radius 2 is 2.05 bits per heavy atom. The summed E-state index contributed by atoms with van der Waals surface area (Å²) in [6.45, 7) is 4.59. The fraction of sp³-hybridized carbons (Fsp3) is 0.737. The van der Waals surface area contributed by atoms with Gasteiger partial charge < -0.3 is 0 Å². The van der Waals surface area contributed by atoms with Gasteiger partial charge in [0.25, 0.3) is 0 Å². The van der Waals surface area contributed by atoms with E-state index in [2.05, 4.69) is 25.4 Å². The van der Waals surface area contributed by atoms with Gasteiger partial charge in [-0.3, -0.25) is 15.5 Å². The highest BCUT2D eigenvalue weighted by Gasteiger charge is 2.58. The Labute approximate surface area is 132 Å². The predicted octanol–water partition coefficient (Wildman–Crippen LogP) is 3.99. The second kappa shape index (κ2) is 4.70. The van der Waals surface area contributed by atoms with E-state index in [1.54, 1.807) is 5.57 Å². The average Bonchev–Trinajstić information content (AvgIpc) is 2.78. The van der Waals surface area contributed by atoms with Crippen LogP contribution in [-0.2, 0) is 4.79 Å². The van der Waals surface area contributed by atoms with Crippen LogP contribution in [0, 0.1) is 28.6 Å². The Morgan fingerprint density at radius 1 is 1.23 bits per heavy atom. The van der Waals surface area contributed by atoms with Crippen LogP contribution < -0.4 is 5.48 Å². The molecule has 2 fully saturated rings. The average molecular weight is 301 g/mol. The number of Topliss-reactive ketones (excluding diaryl/α,β-unsaturated/α-hetero) is 1. The molecule has 0 aromatic carbocycles. The first-order valence-electron chi connectivity index (χ1n) is 8.87. The zero-order valence-electron chi connectivity index (χ0n) is 13.7. The summed E-state index contributed by atoms with van der Waals surface area (Å²) in [6, 6.07) is 0. The minimum atomic E-state index is -0.293. The number of hydrogen-bond acceptors (Lipinski definition) is 3. The van der Waals surface area contributed by atoms with Crippen molar-refractivity contribution in [2.75, 3.05) is 0 Å². The van der Waals surface area contributed by atoms with Crippen LogP contribution in [0.5, 0.6) is 0 Å². The number of fused-ring (bicyclic) bond motifs is 5. The van der Waals surface area contributed by atoms with Gasteiger partial charge in [-0.25, -0.2) is 0 Å². The van der Waals surface area contributed by atoms with E-state index in [1.165, 1.54) is 32.1 Å². The molecular formula is C19H27NO2. The standard InChI is InChI=1S/C19H27NO2/c1-18-9-4-3-5-12(18)6-7-13-14(18)8-10-19(2)15(13)11-16(20-22)17(19)21/h5,11,13-15,20,22H,3-4,6-10H2,1-2H3/t13-,14+,15-,18+,19-/m0/s1. The van der Waals surface area contributed by atoms with Crippen molar-refractivity contribution >= 4 is 5.78 Å². The summed E-state index contributed by atoms with van der Waals surface area (Å²) in [5.74, 6) is 1.71. The van der Waals surface area contributed by atoms with Crippen molar-refractivity contribution in [3.8, 4) is 0 Å². The molecule has 2 saturated carbocycles. The highest BCUT2D eigenvalue weighted by molar-refractivity contribution is 6.02. The number of ketones is 1. The quantitative estimate of drug-likeness (QED) is 0.568. The Bertz CT molecular complexity index is 578. The first-order chi connectivity index (χ1) is 10.5. The lowest BCUT2D eigenvalue weighted by atomic mass is 9.47. The summed E-state index contributed by atoms with van der Waals surface area (Å²) in [4.78, 5) is 12.6. The first-order valence-corrected chi connectivity index (χ1v) is 8.87. The molecule has 0 aliphatic heterocycles. The molecule has 3 heteroatoms. The summed E-state index contributed by atoms with van der Waals surface area (Å²) >= 11 is 0. The molecule has 0 bridgehead atoms. The number of carbonyl (C=O) groups excluding carboxylic acids is 1. The molecule has 2 N–H and O–H groups in total. The van der Waals surface area contributed by atoms with Gasteiger partial charge in [-0.1, -0.05) is 31.6 Å². The predicted molar refractivity (Wildman–Crippen MR) is 85.1 cm³/mol. The summed E-state index contributed by atoms with van der Waals surface area (Å²) in [6.07, 6.45) is 12.9. The van der Waals surface area contributed by atoms with Gasteiger partial charge in [0, 0.05) is 5.41 Å². The van der Waals surface area contributed by atoms with E-state index in [4.69, 9.17) is 0 Å². The molecule has 3 nitrogen and oxygen atoms in total. The maximum Gasteiger partial charge on any atom is 0.187 e. The lowest BCUT2D eigenvalue weighted by Crippen LogP contribution is -2.50. The number of rotatable bonds is 1. The molecule has 0 saturated heterocycles. The third-order valence-electron chi connectivity index (χ3n) is 7.51. The zero-order chi connectivity index (χ0) is 15.5. The van der Waals surface area contributed by atoms with E-state index in [1.807, 2.05) is 6.08 Å². The number of carbonyl (C=O) groups is 1. The van der Waals surface area contributed by atoms with Gasteiger partial charge >= 0.3 is 0 Å². The molecule has 5 atom stereocenters. The Balaban J connectivity index is 1.72. The van der Waals surface area contributed by atoms with Gasteiger partial charge in [-0.2, -0.15) is 0 Å². The molecule has 4 rings (SSSR count).